The van der Waals surface area contributed by atoms with Crippen LogP contribution in [0.4, 0.5) is 5.82 Å². The minimum Gasteiger partial charge on any atom is -0.396 e. The van der Waals surface area contributed by atoms with Crippen LogP contribution in [0.1, 0.15) is 40.6 Å². The number of ether oxygens (including phenoxy) is 1. The standard InChI is InChI=1S/C18H23N3O3S/c1-11-3-14(5-13(11)7-22)21-18-15(6-19-10-20-18)17(23)16-4-12(8-24-2)9-25-16/h4,6,9-11,13-14,22H,3,5,7-8H2,1-2H3,(H,19,20,21)/t11-,13+,14-/m0/s1. The summed E-state index contributed by atoms with van der Waals surface area (Å²) in [5, 5.41) is 14.8. The number of carbonyl (C=O) groups excluding carboxylic acids is 1. The average Bonchev–Trinajstić information content (AvgIpc) is 3.21. The van der Waals surface area contributed by atoms with Gasteiger partial charge in [0.15, 0.2) is 0 Å². The summed E-state index contributed by atoms with van der Waals surface area (Å²) in [6.07, 6.45) is 4.85. The first-order valence-electron chi connectivity index (χ1n) is 8.40. The lowest BCUT2D eigenvalue weighted by atomic mass is 10.00. The molecule has 0 aromatic carbocycles. The second-order valence-electron chi connectivity index (χ2n) is 6.60. The second kappa shape index (κ2) is 8.03. The van der Waals surface area contributed by atoms with Gasteiger partial charge in [-0.15, -0.1) is 11.3 Å². The monoisotopic (exact) mass is 361 g/mol. The Balaban J connectivity index is 1.77. The van der Waals surface area contributed by atoms with Gasteiger partial charge in [0.2, 0.25) is 5.78 Å². The SMILES string of the molecule is COCc1csc(C(=O)c2cncnc2N[C@@H]2C[C@H](CO)[C@@H](C)C2)c1. The van der Waals surface area contributed by atoms with Gasteiger partial charge >= 0.3 is 0 Å². The largest absolute Gasteiger partial charge is 0.396 e. The molecule has 0 amide bonds. The molecule has 1 aliphatic rings. The summed E-state index contributed by atoms with van der Waals surface area (Å²) < 4.78 is 5.11. The number of anilines is 1. The minimum absolute atomic E-state index is 0.0831. The molecule has 6 nitrogen and oxygen atoms in total. The molecule has 2 aromatic heterocycles. The van der Waals surface area contributed by atoms with Gasteiger partial charge in [0.05, 0.1) is 17.0 Å². The second-order valence-corrected chi connectivity index (χ2v) is 7.51. The molecule has 3 atom stereocenters. The molecule has 2 aromatic rings. The van der Waals surface area contributed by atoms with Crippen molar-refractivity contribution in [3.63, 3.8) is 0 Å². The molecule has 134 valence electrons. The van der Waals surface area contributed by atoms with Crippen molar-refractivity contribution in [1.29, 1.82) is 0 Å². The summed E-state index contributed by atoms with van der Waals surface area (Å²) in [6, 6.07) is 2.06. The first-order chi connectivity index (χ1) is 12.1. The summed E-state index contributed by atoms with van der Waals surface area (Å²) in [4.78, 5) is 21.8. The molecule has 0 saturated heterocycles. The van der Waals surface area contributed by atoms with E-state index in [9.17, 15) is 9.90 Å². The molecule has 1 aliphatic carbocycles. The van der Waals surface area contributed by atoms with E-state index in [1.807, 2.05) is 11.4 Å². The Bertz CT molecular complexity index is 734. The van der Waals surface area contributed by atoms with E-state index in [1.165, 1.54) is 17.7 Å². The maximum absolute atomic E-state index is 12.9. The number of hydrogen-bond donors (Lipinski definition) is 2. The summed E-state index contributed by atoms with van der Waals surface area (Å²) in [7, 11) is 1.63. The Morgan fingerprint density at radius 1 is 1.48 bits per heavy atom. The van der Waals surface area contributed by atoms with Crippen LogP contribution in [0.2, 0.25) is 0 Å². The molecule has 25 heavy (non-hydrogen) atoms. The van der Waals surface area contributed by atoms with Crippen molar-refractivity contribution in [2.24, 2.45) is 11.8 Å². The molecular weight excluding hydrogens is 338 g/mol. The number of aliphatic hydroxyl groups excluding tert-OH is 1. The van der Waals surface area contributed by atoms with Crippen LogP contribution in [0.3, 0.4) is 0 Å². The highest BCUT2D eigenvalue weighted by molar-refractivity contribution is 7.12. The highest BCUT2D eigenvalue weighted by Crippen LogP contribution is 2.33. The molecule has 7 heteroatoms. The molecule has 3 rings (SSSR count). The number of thiophene rings is 1. The van der Waals surface area contributed by atoms with Crippen LogP contribution >= 0.6 is 11.3 Å². The predicted octanol–water partition coefficient (Wildman–Crippen LogP) is 2.73. The zero-order valence-corrected chi connectivity index (χ0v) is 15.3. The maximum atomic E-state index is 12.9. The quantitative estimate of drug-likeness (QED) is 0.738. The topological polar surface area (TPSA) is 84.3 Å². The van der Waals surface area contributed by atoms with Crippen LogP contribution in [0.25, 0.3) is 0 Å². The number of aromatic nitrogens is 2. The van der Waals surface area contributed by atoms with E-state index < -0.39 is 0 Å². The van der Waals surface area contributed by atoms with Crippen molar-refractivity contribution in [2.45, 2.75) is 32.4 Å². The van der Waals surface area contributed by atoms with Gasteiger partial charge in [0, 0.05) is 26.0 Å². The Hall–Kier alpha value is -1.83. The molecule has 0 unspecified atom stereocenters. The van der Waals surface area contributed by atoms with Gasteiger partial charge in [-0.3, -0.25) is 4.79 Å². The lowest BCUT2D eigenvalue weighted by Crippen LogP contribution is -2.19. The molecule has 0 aliphatic heterocycles. The normalized spacial score (nSPS) is 22.9. The third kappa shape index (κ3) is 4.05. The fraction of sp³-hybridized carbons (Fsp3) is 0.500. The van der Waals surface area contributed by atoms with Crippen molar-refractivity contribution in [3.8, 4) is 0 Å². The van der Waals surface area contributed by atoms with Crippen LogP contribution in [0.15, 0.2) is 24.0 Å². The lowest BCUT2D eigenvalue weighted by molar-refractivity contribution is 0.104. The first kappa shape index (κ1) is 18.0. The fourth-order valence-corrected chi connectivity index (χ4v) is 4.23. The van der Waals surface area contributed by atoms with Crippen LogP contribution in [0.5, 0.6) is 0 Å². The summed E-state index contributed by atoms with van der Waals surface area (Å²) in [5.74, 6) is 1.24. The number of nitrogens with zero attached hydrogens (tertiary/aromatic N) is 2. The van der Waals surface area contributed by atoms with Gasteiger partial charge in [-0.2, -0.15) is 0 Å². The van der Waals surface area contributed by atoms with Gasteiger partial charge in [-0.05, 0) is 41.7 Å². The van der Waals surface area contributed by atoms with Crippen LogP contribution < -0.4 is 5.32 Å². The number of ketones is 1. The predicted molar refractivity (Wildman–Crippen MR) is 96.9 cm³/mol. The number of rotatable bonds is 7. The highest BCUT2D eigenvalue weighted by atomic mass is 32.1. The van der Waals surface area contributed by atoms with Gasteiger partial charge in [-0.1, -0.05) is 6.92 Å². The summed E-state index contributed by atoms with van der Waals surface area (Å²) in [6.45, 7) is 2.84. The third-order valence-electron chi connectivity index (χ3n) is 4.77. The maximum Gasteiger partial charge on any atom is 0.208 e. The number of hydrogen-bond acceptors (Lipinski definition) is 7. The molecule has 0 radical (unpaired) electrons. The fourth-order valence-electron chi connectivity index (χ4n) is 3.38. The van der Waals surface area contributed by atoms with Crippen molar-refractivity contribution < 1.29 is 14.6 Å². The molecular formula is C18H23N3O3S. The van der Waals surface area contributed by atoms with Crippen LogP contribution in [-0.4, -0.2) is 40.6 Å². The van der Waals surface area contributed by atoms with Crippen molar-refractivity contribution in [3.05, 3.63) is 40.0 Å². The van der Waals surface area contributed by atoms with E-state index in [-0.39, 0.29) is 18.4 Å². The van der Waals surface area contributed by atoms with Crippen molar-refractivity contribution >= 4 is 22.9 Å². The average molecular weight is 361 g/mol. The Kier molecular flexibility index (Phi) is 5.78. The molecule has 0 spiro atoms. The zero-order chi connectivity index (χ0) is 17.8. The van der Waals surface area contributed by atoms with Crippen LogP contribution in [0, 0.1) is 11.8 Å². The molecule has 1 saturated carbocycles. The third-order valence-corrected chi connectivity index (χ3v) is 5.75. The van der Waals surface area contributed by atoms with E-state index in [0.29, 0.717) is 34.7 Å². The lowest BCUT2D eigenvalue weighted by Gasteiger charge is -2.15. The van der Waals surface area contributed by atoms with E-state index in [0.717, 1.165) is 18.4 Å². The van der Waals surface area contributed by atoms with Crippen molar-refractivity contribution in [1.82, 2.24) is 9.97 Å². The number of aliphatic hydroxyl groups is 1. The number of carbonyl (C=O) groups is 1. The van der Waals surface area contributed by atoms with Gasteiger partial charge in [0.1, 0.15) is 12.1 Å². The highest BCUT2D eigenvalue weighted by Gasteiger charge is 2.31. The molecule has 2 heterocycles. The number of methoxy groups -OCH3 is 1. The first-order valence-corrected chi connectivity index (χ1v) is 9.28. The zero-order valence-electron chi connectivity index (χ0n) is 14.4. The van der Waals surface area contributed by atoms with Gasteiger partial charge < -0.3 is 15.2 Å². The van der Waals surface area contributed by atoms with Crippen molar-refractivity contribution in [2.75, 3.05) is 19.0 Å². The molecule has 2 N–H and O–H groups in total. The Morgan fingerprint density at radius 2 is 2.32 bits per heavy atom. The minimum atomic E-state index is -0.0831. The number of nitrogens with one attached hydrogen (secondary N) is 1. The van der Waals surface area contributed by atoms with Gasteiger partial charge in [0.25, 0.3) is 0 Å². The van der Waals surface area contributed by atoms with E-state index >= 15 is 0 Å². The van der Waals surface area contributed by atoms with E-state index in [4.69, 9.17) is 4.74 Å². The summed E-state index contributed by atoms with van der Waals surface area (Å²) in [5.41, 5.74) is 1.46. The van der Waals surface area contributed by atoms with Crippen LogP contribution in [-0.2, 0) is 11.3 Å². The van der Waals surface area contributed by atoms with E-state index in [2.05, 4.69) is 22.2 Å². The smallest absolute Gasteiger partial charge is 0.208 e. The molecule has 1 fully saturated rings. The Labute approximate surface area is 151 Å². The van der Waals surface area contributed by atoms with E-state index in [1.54, 1.807) is 13.3 Å². The summed E-state index contributed by atoms with van der Waals surface area (Å²) >= 11 is 1.40. The Morgan fingerprint density at radius 3 is 3.04 bits per heavy atom. The molecule has 0 bridgehead atoms. The van der Waals surface area contributed by atoms with Gasteiger partial charge in [-0.25, -0.2) is 9.97 Å².